The van der Waals surface area contributed by atoms with Crippen LogP contribution in [-0.2, 0) is 28.6 Å². The van der Waals surface area contributed by atoms with Crippen molar-refractivity contribution in [2.24, 2.45) is 5.92 Å². The van der Waals surface area contributed by atoms with Crippen molar-refractivity contribution in [3.05, 3.63) is 59.3 Å². The molecule has 268 valence electrons. The van der Waals surface area contributed by atoms with Gasteiger partial charge in [-0.1, -0.05) is 18.2 Å². The molecule has 0 saturated carbocycles. The van der Waals surface area contributed by atoms with Crippen LogP contribution in [0.3, 0.4) is 0 Å². The van der Waals surface area contributed by atoms with Crippen molar-refractivity contribution in [3.8, 4) is 0 Å². The number of anilines is 1. The van der Waals surface area contributed by atoms with Crippen LogP contribution >= 0.6 is 0 Å². The fraction of sp³-hybridized carbons (Fsp3) is 0.556. The number of carbonyl (C=O) groups is 3. The first-order valence-corrected chi connectivity index (χ1v) is 17.8. The molecule has 11 nitrogen and oxygen atoms in total. The Morgan fingerprint density at radius 1 is 0.900 bits per heavy atom. The van der Waals surface area contributed by atoms with Gasteiger partial charge in [0.2, 0.25) is 11.8 Å². The Morgan fingerprint density at radius 2 is 1.60 bits per heavy atom. The van der Waals surface area contributed by atoms with E-state index >= 15 is 0 Å². The molecule has 50 heavy (non-hydrogen) atoms. The Hall–Kier alpha value is -4.17. The molecular formula is C36H45F3N8O3. The maximum absolute atomic E-state index is 14.2. The number of fused-ring (bicyclic) bond motifs is 2. The highest BCUT2D eigenvalue weighted by Gasteiger charge is 2.37. The number of rotatable bonds is 7. The van der Waals surface area contributed by atoms with Crippen molar-refractivity contribution in [1.29, 1.82) is 0 Å². The number of piperazine rings is 1. The molecule has 0 radical (unpaired) electrons. The highest BCUT2D eigenvalue weighted by Crippen LogP contribution is 2.36. The van der Waals surface area contributed by atoms with Crippen molar-refractivity contribution >= 4 is 34.4 Å². The van der Waals surface area contributed by atoms with Crippen LogP contribution in [0, 0.1) is 5.92 Å². The van der Waals surface area contributed by atoms with E-state index in [1.165, 1.54) is 6.20 Å². The van der Waals surface area contributed by atoms with Gasteiger partial charge in [-0.3, -0.25) is 19.6 Å². The van der Waals surface area contributed by atoms with Crippen LogP contribution < -0.4 is 10.6 Å². The second-order valence-corrected chi connectivity index (χ2v) is 14.1. The quantitative estimate of drug-likeness (QED) is 0.343. The zero-order valence-electron chi connectivity index (χ0n) is 28.2. The number of halogens is 3. The van der Waals surface area contributed by atoms with E-state index in [4.69, 9.17) is 0 Å². The standard InChI is InChI=1S/C36H45F3N8O3/c37-36(38,39)30-21-24(20-27-23-41-43-33(27)30)19-26(34(49)46-14-6-28(7-15-46)44-17-10-40-11-18-44)22-32(48)45-12-8-29(9-13-45)47-16-5-25-3-1-2-4-31(25)42-35(47)50/h1-4,20-21,23,26,28-29,40H,5-19,22H2,(H,41,43)(H,42,50). The van der Waals surface area contributed by atoms with Gasteiger partial charge in [0.15, 0.2) is 0 Å². The summed E-state index contributed by atoms with van der Waals surface area (Å²) in [5.74, 6) is -1.18. The van der Waals surface area contributed by atoms with E-state index in [9.17, 15) is 27.6 Å². The molecule has 4 aliphatic rings. The minimum absolute atomic E-state index is 0.0114. The third-order valence-corrected chi connectivity index (χ3v) is 11.0. The Kier molecular flexibility index (Phi) is 10.0. The Labute approximate surface area is 289 Å². The molecule has 1 atom stereocenters. The Morgan fingerprint density at radius 3 is 2.34 bits per heavy atom. The summed E-state index contributed by atoms with van der Waals surface area (Å²) in [5.41, 5.74) is 1.33. The SMILES string of the molecule is O=C(CC(Cc1cc(C(F)(F)F)c2[nH]ncc2c1)C(=O)N1CCC(N2CCNCC2)CC1)N1CCC(N2CCc3ccccc3NC2=O)CC1. The molecule has 3 N–H and O–H groups in total. The van der Waals surface area contributed by atoms with Crippen LogP contribution in [-0.4, -0.2) is 119 Å². The molecule has 1 unspecified atom stereocenters. The molecule has 3 aromatic rings. The lowest BCUT2D eigenvalue weighted by atomic mass is 9.90. The molecule has 4 aliphatic heterocycles. The predicted octanol–water partition coefficient (Wildman–Crippen LogP) is 4.11. The van der Waals surface area contributed by atoms with Gasteiger partial charge in [0.1, 0.15) is 0 Å². The number of H-pyrrole nitrogens is 1. The third kappa shape index (κ3) is 7.46. The number of urea groups is 1. The van der Waals surface area contributed by atoms with Crippen molar-refractivity contribution in [1.82, 2.24) is 35.1 Å². The maximum Gasteiger partial charge on any atom is 0.418 e. The molecule has 14 heteroatoms. The van der Waals surface area contributed by atoms with Crippen LogP contribution in [0.25, 0.3) is 10.9 Å². The summed E-state index contributed by atoms with van der Waals surface area (Å²) in [4.78, 5) is 49.0. The van der Waals surface area contributed by atoms with Gasteiger partial charge in [0, 0.05) is 88.5 Å². The summed E-state index contributed by atoms with van der Waals surface area (Å²) >= 11 is 0. The molecule has 1 aromatic heterocycles. The van der Waals surface area contributed by atoms with Gasteiger partial charge in [-0.15, -0.1) is 0 Å². The van der Waals surface area contributed by atoms with E-state index in [1.807, 2.05) is 29.2 Å². The van der Waals surface area contributed by atoms with Crippen molar-refractivity contribution in [2.45, 2.75) is 63.2 Å². The van der Waals surface area contributed by atoms with E-state index < -0.39 is 17.7 Å². The topological polar surface area (TPSA) is 117 Å². The maximum atomic E-state index is 14.2. The molecule has 0 bridgehead atoms. The van der Waals surface area contributed by atoms with E-state index in [2.05, 4.69) is 25.7 Å². The lowest BCUT2D eigenvalue weighted by molar-refractivity contribution is -0.143. The fourth-order valence-electron chi connectivity index (χ4n) is 8.25. The first-order valence-electron chi connectivity index (χ1n) is 17.8. The number of carbonyl (C=O) groups excluding carboxylic acids is 3. The lowest BCUT2D eigenvalue weighted by Crippen LogP contribution is -2.53. The first kappa shape index (κ1) is 34.3. The van der Waals surface area contributed by atoms with Crippen molar-refractivity contribution < 1.29 is 27.6 Å². The van der Waals surface area contributed by atoms with Crippen LogP contribution in [0.4, 0.5) is 23.7 Å². The fourth-order valence-corrected chi connectivity index (χ4v) is 8.25. The molecule has 7 rings (SSSR count). The molecule has 0 aliphatic carbocycles. The lowest BCUT2D eigenvalue weighted by Gasteiger charge is -2.41. The minimum Gasteiger partial charge on any atom is -0.343 e. The molecule has 4 amide bonds. The zero-order chi connectivity index (χ0) is 34.8. The van der Waals surface area contributed by atoms with Gasteiger partial charge >= 0.3 is 12.2 Å². The number of amides is 4. The minimum atomic E-state index is -4.61. The largest absolute Gasteiger partial charge is 0.418 e. The van der Waals surface area contributed by atoms with Gasteiger partial charge in [-0.05, 0) is 67.9 Å². The van der Waals surface area contributed by atoms with Gasteiger partial charge in [0.05, 0.1) is 23.2 Å². The van der Waals surface area contributed by atoms with Crippen LogP contribution in [0.5, 0.6) is 0 Å². The summed E-state index contributed by atoms with van der Waals surface area (Å²) < 4.78 is 42.2. The molecule has 2 aromatic carbocycles. The third-order valence-electron chi connectivity index (χ3n) is 11.0. The molecular weight excluding hydrogens is 649 g/mol. The number of alkyl halides is 3. The normalized spacial score (nSPS) is 20.8. The van der Waals surface area contributed by atoms with E-state index in [0.717, 1.165) is 62.8 Å². The summed E-state index contributed by atoms with van der Waals surface area (Å²) in [7, 11) is 0. The second kappa shape index (κ2) is 14.6. The predicted molar refractivity (Wildman–Crippen MR) is 182 cm³/mol. The number of nitrogens with one attached hydrogen (secondary N) is 3. The first-order chi connectivity index (χ1) is 24.1. The van der Waals surface area contributed by atoms with Crippen molar-refractivity contribution in [2.75, 3.05) is 64.2 Å². The van der Waals surface area contributed by atoms with E-state index in [-0.39, 0.29) is 42.2 Å². The smallest absolute Gasteiger partial charge is 0.343 e. The average molecular weight is 695 g/mol. The molecule has 3 saturated heterocycles. The number of hydrogen-bond acceptors (Lipinski definition) is 6. The van der Waals surface area contributed by atoms with Gasteiger partial charge < -0.3 is 25.3 Å². The summed E-state index contributed by atoms with van der Waals surface area (Å²) in [6.07, 6.45) is 0.278. The summed E-state index contributed by atoms with van der Waals surface area (Å²) in [6, 6.07) is 10.7. The zero-order valence-corrected chi connectivity index (χ0v) is 28.2. The number of benzene rings is 2. The van der Waals surface area contributed by atoms with Crippen molar-refractivity contribution in [3.63, 3.8) is 0 Å². The number of aromatic amines is 1. The highest BCUT2D eigenvalue weighted by atomic mass is 19.4. The monoisotopic (exact) mass is 694 g/mol. The molecule has 0 spiro atoms. The average Bonchev–Trinajstić information content (AvgIpc) is 3.53. The molecule has 5 heterocycles. The van der Waals surface area contributed by atoms with E-state index in [0.29, 0.717) is 62.6 Å². The number of hydrogen-bond donors (Lipinski definition) is 3. The van der Waals surface area contributed by atoms with E-state index in [1.54, 1.807) is 15.9 Å². The number of para-hydroxylation sites is 1. The summed E-state index contributed by atoms with van der Waals surface area (Å²) in [6.45, 7) is 6.42. The highest BCUT2D eigenvalue weighted by molar-refractivity contribution is 5.91. The second-order valence-electron chi connectivity index (χ2n) is 14.1. The van der Waals surface area contributed by atoms with Gasteiger partial charge in [0.25, 0.3) is 0 Å². The Bertz CT molecular complexity index is 1690. The van der Waals surface area contributed by atoms with Crippen LogP contribution in [0.2, 0.25) is 0 Å². The molecule has 3 fully saturated rings. The summed E-state index contributed by atoms with van der Waals surface area (Å²) in [5, 5.41) is 13.0. The van der Waals surface area contributed by atoms with Crippen LogP contribution in [0.1, 0.15) is 48.8 Å². The number of piperidine rings is 2. The number of likely N-dealkylation sites (tertiary alicyclic amines) is 2. The van der Waals surface area contributed by atoms with Gasteiger partial charge in [-0.25, -0.2) is 4.79 Å². The Balaban J connectivity index is 1.03. The van der Waals surface area contributed by atoms with Gasteiger partial charge in [-0.2, -0.15) is 18.3 Å². The number of nitrogens with zero attached hydrogens (tertiary/aromatic N) is 5. The van der Waals surface area contributed by atoms with Crippen LogP contribution in [0.15, 0.2) is 42.6 Å². The number of aromatic nitrogens is 2.